The minimum atomic E-state index is -0.135. The van der Waals surface area contributed by atoms with Gasteiger partial charge in [-0.2, -0.15) is 5.26 Å². The van der Waals surface area contributed by atoms with Gasteiger partial charge >= 0.3 is 0 Å². The van der Waals surface area contributed by atoms with E-state index in [0.29, 0.717) is 11.3 Å². The van der Waals surface area contributed by atoms with E-state index in [-0.39, 0.29) is 18.6 Å². The van der Waals surface area contributed by atoms with Gasteiger partial charge in [-0.1, -0.05) is 6.92 Å². The molecule has 90 valence electrons. The highest BCUT2D eigenvalue weighted by Crippen LogP contribution is 2.11. The molecule has 0 spiro atoms. The van der Waals surface area contributed by atoms with Crippen molar-refractivity contribution in [2.75, 3.05) is 6.61 Å². The fraction of sp³-hybridized carbons (Fsp3) is 0.385. The number of ether oxygens (including phenoxy) is 1. The van der Waals surface area contributed by atoms with Crippen molar-refractivity contribution in [3.8, 4) is 11.8 Å². The predicted molar refractivity (Wildman–Crippen MR) is 64.5 cm³/mol. The van der Waals surface area contributed by atoms with Crippen LogP contribution >= 0.6 is 0 Å². The first-order valence-electron chi connectivity index (χ1n) is 5.58. The smallest absolute Gasteiger partial charge is 0.258 e. The summed E-state index contributed by atoms with van der Waals surface area (Å²) in [5.41, 5.74) is 0.571. The van der Waals surface area contributed by atoms with Crippen molar-refractivity contribution < 1.29 is 9.53 Å². The number of carbonyl (C=O) groups excluding carboxylic acids is 1. The van der Waals surface area contributed by atoms with Gasteiger partial charge in [0, 0.05) is 6.04 Å². The van der Waals surface area contributed by atoms with Gasteiger partial charge in [0.05, 0.1) is 11.6 Å². The molecule has 0 aliphatic heterocycles. The van der Waals surface area contributed by atoms with Crippen LogP contribution in [0.4, 0.5) is 0 Å². The zero-order valence-electron chi connectivity index (χ0n) is 10.1. The van der Waals surface area contributed by atoms with Crippen LogP contribution in [0.1, 0.15) is 25.8 Å². The Morgan fingerprint density at radius 3 is 2.65 bits per heavy atom. The maximum absolute atomic E-state index is 11.4. The summed E-state index contributed by atoms with van der Waals surface area (Å²) in [5.74, 6) is 0.451. The first-order chi connectivity index (χ1) is 8.15. The van der Waals surface area contributed by atoms with Crippen LogP contribution in [0, 0.1) is 11.3 Å². The summed E-state index contributed by atoms with van der Waals surface area (Å²) in [6.07, 6.45) is 0.891. The number of nitrogens with one attached hydrogen (secondary N) is 1. The van der Waals surface area contributed by atoms with E-state index in [0.717, 1.165) is 6.42 Å². The number of nitriles is 1. The van der Waals surface area contributed by atoms with E-state index in [2.05, 4.69) is 5.32 Å². The Hall–Kier alpha value is -2.02. The minimum Gasteiger partial charge on any atom is -0.484 e. The quantitative estimate of drug-likeness (QED) is 0.842. The van der Waals surface area contributed by atoms with E-state index < -0.39 is 0 Å². The standard InChI is InChI=1S/C13H16N2O2/c1-3-10(2)15-13(16)9-17-12-6-4-11(8-14)5-7-12/h4-7,10H,3,9H2,1-2H3,(H,15,16)/t10-/m1/s1. The third-order valence-corrected chi connectivity index (χ3v) is 2.37. The molecule has 1 rings (SSSR count). The molecule has 4 heteroatoms. The fourth-order valence-electron chi connectivity index (χ4n) is 1.19. The number of benzene rings is 1. The van der Waals surface area contributed by atoms with Crippen molar-refractivity contribution in [1.29, 1.82) is 5.26 Å². The van der Waals surface area contributed by atoms with Crippen LogP contribution in [0.5, 0.6) is 5.75 Å². The second-order valence-electron chi connectivity index (χ2n) is 3.80. The first-order valence-corrected chi connectivity index (χ1v) is 5.58. The van der Waals surface area contributed by atoms with Crippen molar-refractivity contribution in [3.05, 3.63) is 29.8 Å². The second-order valence-corrected chi connectivity index (χ2v) is 3.80. The summed E-state index contributed by atoms with van der Waals surface area (Å²) in [7, 11) is 0. The highest BCUT2D eigenvalue weighted by molar-refractivity contribution is 5.77. The molecule has 0 saturated heterocycles. The highest BCUT2D eigenvalue weighted by Gasteiger charge is 2.05. The molecule has 1 N–H and O–H groups in total. The zero-order valence-corrected chi connectivity index (χ0v) is 10.1. The van der Waals surface area contributed by atoms with Crippen LogP contribution in [-0.2, 0) is 4.79 Å². The molecule has 0 bridgehead atoms. The average Bonchev–Trinajstić information content (AvgIpc) is 2.36. The molecule has 1 aromatic carbocycles. The second kappa shape index (κ2) is 6.54. The lowest BCUT2D eigenvalue weighted by Crippen LogP contribution is -2.35. The lowest BCUT2D eigenvalue weighted by molar-refractivity contribution is -0.123. The van der Waals surface area contributed by atoms with Gasteiger partial charge < -0.3 is 10.1 Å². The molecular weight excluding hydrogens is 216 g/mol. The molecule has 4 nitrogen and oxygen atoms in total. The number of rotatable bonds is 5. The molecule has 0 aliphatic carbocycles. The Morgan fingerprint density at radius 1 is 1.47 bits per heavy atom. The number of hydrogen-bond acceptors (Lipinski definition) is 3. The third kappa shape index (κ3) is 4.56. The molecule has 1 aromatic rings. The van der Waals surface area contributed by atoms with Gasteiger partial charge in [0.2, 0.25) is 0 Å². The predicted octanol–water partition coefficient (Wildman–Crippen LogP) is 1.85. The molecule has 0 heterocycles. The van der Waals surface area contributed by atoms with Crippen LogP contribution in [-0.4, -0.2) is 18.6 Å². The van der Waals surface area contributed by atoms with Crippen LogP contribution in [0.3, 0.4) is 0 Å². The summed E-state index contributed by atoms with van der Waals surface area (Å²) >= 11 is 0. The van der Waals surface area contributed by atoms with E-state index in [1.54, 1.807) is 24.3 Å². The summed E-state index contributed by atoms with van der Waals surface area (Å²) in [6, 6.07) is 8.84. The van der Waals surface area contributed by atoms with Gasteiger partial charge in [0.15, 0.2) is 6.61 Å². The van der Waals surface area contributed by atoms with Crippen LogP contribution in [0.2, 0.25) is 0 Å². The number of hydrogen-bond donors (Lipinski definition) is 1. The zero-order chi connectivity index (χ0) is 12.7. The molecule has 1 atom stereocenters. The largest absolute Gasteiger partial charge is 0.484 e. The lowest BCUT2D eigenvalue weighted by atomic mass is 10.2. The first kappa shape index (κ1) is 13.0. The van der Waals surface area contributed by atoms with Gasteiger partial charge in [0.1, 0.15) is 5.75 Å². The van der Waals surface area contributed by atoms with Crippen molar-refractivity contribution >= 4 is 5.91 Å². The van der Waals surface area contributed by atoms with Gasteiger partial charge in [0.25, 0.3) is 5.91 Å². The molecule has 0 aliphatic rings. The topological polar surface area (TPSA) is 62.1 Å². The van der Waals surface area contributed by atoms with E-state index in [9.17, 15) is 4.79 Å². The van der Waals surface area contributed by atoms with Gasteiger partial charge in [-0.15, -0.1) is 0 Å². The normalized spacial score (nSPS) is 11.4. The van der Waals surface area contributed by atoms with Gasteiger partial charge in [-0.3, -0.25) is 4.79 Å². The summed E-state index contributed by atoms with van der Waals surface area (Å²) < 4.78 is 5.29. The molecule has 1 amide bonds. The van der Waals surface area contributed by atoms with Crippen molar-refractivity contribution in [1.82, 2.24) is 5.32 Å². The highest BCUT2D eigenvalue weighted by atomic mass is 16.5. The van der Waals surface area contributed by atoms with Crippen molar-refractivity contribution in [2.45, 2.75) is 26.3 Å². The Balaban J connectivity index is 2.40. The SMILES string of the molecule is CC[C@@H](C)NC(=O)COc1ccc(C#N)cc1. The van der Waals surface area contributed by atoms with E-state index >= 15 is 0 Å². The van der Waals surface area contributed by atoms with Gasteiger partial charge in [-0.05, 0) is 37.6 Å². The average molecular weight is 232 g/mol. The monoisotopic (exact) mass is 232 g/mol. The number of nitrogens with zero attached hydrogens (tertiary/aromatic N) is 1. The number of amides is 1. The maximum atomic E-state index is 11.4. The summed E-state index contributed by atoms with van der Waals surface area (Å²) in [5, 5.41) is 11.4. The molecule has 0 fully saturated rings. The Kier molecular flexibility index (Phi) is 5.02. The van der Waals surface area contributed by atoms with Crippen molar-refractivity contribution in [2.24, 2.45) is 0 Å². The van der Waals surface area contributed by atoms with Crippen molar-refractivity contribution in [3.63, 3.8) is 0 Å². The lowest BCUT2D eigenvalue weighted by Gasteiger charge is -2.11. The third-order valence-electron chi connectivity index (χ3n) is 2.37. The summed E-state index contributed by atoms with van der Waals surface area (Å²) in [4.78, 5) is 11.4. The molecule has 0 unspecified atom stereocenters. The maximum Gasteiger partial charge on any atom is 0.258 e. The van der Waals surface area contributed by atoms with E-state index in [4.69, 9.17) is 10.00 Å². The summed E-state index contributed by atoms with van der Waals surface area (Å²) in [6.45, 7) is 3.95. The molecular formula is C13H16N2O2. The van der Waals surface area contributed by atoms with Gasteiger partial charge in [-0.25, -0.2) is 0 Å². The Bertz CT molecular complexity index is 406. The van der Waals surface area contributed by atoms with Crippen LogP contribution in [0.15, 0.2) is 24.3 Å². The molecule has 17 heavy (non-hydrogen) atoms. The molecule has 0 saturated carbocycles. The Labute approximate surface area is 101 Å². The van der Waals surface area contributed by atoms with E-state index in [1.807, 2.05) is 19.9 Å². The van der Waals surface area contributed by atoms with E-state index in [1.165, 1.54) is 0 Å². The number of carbonyl (C=O) groups is 1. The molecule has 0 aromatic heterocycles. The fourth-order valence-corrected chi connectivity index (χ4v) is 1.19. The minimum absolute atomic E-state index is 0.00373. The molecule has 0 radical (unpaired) electrons. The Morgan fingerprint density at radius 2 is 2.12 bits per heavy atom. The van der Waals surface area contributed by atoms with Crippen LogP contribution in [0.25, 0.3) is 0 Å². The van der Waals surface area contributed by atoms with Crippen LogP contribution < -0.4 is 10.1 Å².